The van der Waals surface area contributed by atoms with Gasteiger partial charge in [-0.2, -0.15) is 0 Å². The van der Waals surface area contributed by atoms with E-state index < -0.39 is 36.1 Å². The Kier molecular flexibility index (Phi) is 18.0. The maximum atomic E-state index is 13.7. The van der Waals surface area contributed by atoms with Gasteiger partial charge in [-0.15, -0.1) is 10.2 Å². The molecule has 10 rings (SSSR count). The van der Waals surface area contributed by atoms with E-state index in [0.717, 1.165) is 74.6 Å². The van der Waals surface area contributed by atoms with Crippen LogP contribution < -0.4 is 29.9 Å². The molecule has 4 aliphatic heterocycles. The molecule has 6 heterocycles. The molecule has 0 aliphatic carbocycles. The van der Waals surface area contributed by atoms with Crippen LogP contribution in [0.2, 0.25) is 0 Å². The van der Waals surface area contributed by atoms with Gasteiger partial charge in [-0.05, 0) is 73.2 Å². The summed E-state index contributed by atoms with van der Waals surface area (Å²) in [5.41, 5.74) is 4.70. The van der Waals surface area contributed by atoms with Crippen molar-refractivity contribution in [1.29, 1.82) is 0 Å². The minimum Gasteiger partial charge on any atom is -0.486 e. The lowest BCUT2D eigenvalue weighted by atomic mass is 10.1. The number of benzene rings is 4. The number of carbonyl (C=O) groups is 4. The molecule has 6 aromatic rings. The second kappa shape index (κ2) is 26.3. The molecule has 0 radical (unpaired) electrons. The van der Waals surface area contributed by atoms with Gasteiger partial charge in [0, 0.05) is 77.6 Å². The molecule has 20 heteroatoms. The SMILES string of the molecule is C[C@H]1Oc2ccc(C#CCN3CCN(CC#CC#CCN4CCN(CC#Cc5ccc6c(c5)N(C)C(=O)[C@@H](NC(=O)c5ncn(Cc7ccccc7)n5)[C@@H](C)O6)CC4)CC3)cc2N(C)C(=O)[C@H]1NC(=O)c1ncn(Cc2ccccc2)n1. The zero-order chi connectivity index (χ0) is 57.0. The average molecular weight is 1100 g/mol. The molecule has 4 aliphatic rings. The molecular formula is C62H64N14O6. The normalized spacial score (nSPS) is 19.3. The molecule has 0 unspecified atom stereocenters. The fourth-order valence-corrected chi connectivity index (χ4v) is 9.88. The van der Waals surface area contributed by atoms with Crippen molar-refractivity contribution in [2.24, 2.45) is 0 Å². The number of aromatic nitrogens is 6. The summed E-state index contributed by atoms with van der Waals surface area (Å²) >= 11 is 0. The first-order chi connectivity index (χ1) is 39.9. The highest BCUT2D eigenvalue weighted by Crippen LogP contribution is 2.35. The first-order valence-electron chi connectivity index (χ1n) is 27.4. The number of anilines is 2. The zero-order valence-corrected chi connectivity index (χ0v) is 46.4. The summed E-state index contributed by atoms with van der Waals surface area (Å²) in [6.07, 6.45) is 1.69. The van der Waals surface area contributed by atoms with Crippen molar-refractivity contribution in [1.82, 2.24) is 59.8 Å². The topological polar surface area (TPSA) is 192 Å². The Bertz CT molecular complexity index is 3310. The number of likely N-dealkylation sites (N-methyl/N-ethyl adjacent to an activating group) is 2. The van der Waals surface area contributed by atoms with Gasteiger partial charge in [-0.25, -0.2) is 19.3 Å². The number of nitrogens with one attached hydrogen (secondary N) is 2. The van der Waals surface area contributed by atoms with Gasteiger partial charge in [0.05, 0.1) is 50.6 Å². The van der Waals surface area contributed by atoms with E-state index in [0.29, 0.717) is 62.1 Å². The van der Waals surface area contributed by atoms with Crippen LogP contribution >= 0.6 is 0 Å². The Labute approximate surface area is 477 Å². The molecule has 4 atom stereocenters. The molecule has 0 spiro atoms. The number of carbonyl (C=O) groups excluding carboxylic acids is 4. The molecule has 2 N–H and O–H groups in total. The number of rotatable bonds is 12. The summed E-state index contributed by atoms with van der Waals surface area (Å²) in [5, 5.41) is 14.2. The molecule has 4 amide bonds. The van der Waals surface area contributed by atoms with Gasteiger partial charge >= 0.3 is 0 Å². The van der Waals surface area contributed by atoms with Gasteiger partial charge in [0.2, 0.25) is 11.6 Å². The van der Waals surface area contributed by atoms with Crippen LogP contribution in [0.3, 0.4) is 0 Å². The number of fused-ring (bicyclic) bond motifs is 2. The third kappa shape index (κ3) is 14.2. The van der Waals surface area contributed by atoms with Crippen LogP contribution in [0.4, 0.5) is 11.4 Å². The van der Waals surface area contributed by atoms with Crippen LogP contribution in [0, 0.1) is 47.4 Å². The smallest absolute Gasteiger partial charge is 0.291 e. The molecule has 2 saturated heterocycles. The lowest BCUT2D eigenvalue weighted by molar-refractivity contribution is -0.122. The lowest BCUT2D eigenvalue weighted by Gasteiger charge is -2.32. The lowest BCUT2D eigenvalue weighted by Crippen LogP contribution is -2.53. The van der Waals surface area contributed by atoms with Crippen LogP contribution in [-0.4, -0.2) is 190 Å². The highest BCUT2D eigenvalue weighted by molar-refractivity contribution is 6.04. The second-order valence-electron chi connectivity index (χ2n) is 20.5. The summed E-state index contributed by atoms with van der Waals surface area (Å²) in [4.78, 5) is 74.6. The van der Waals surface area contributed by atoms with E-state index in [4.69, 9.17) is 9.47 Å². The van der Waals surface area contributed by atoms with E-state index in [1.807, 2.05) is 97.1 Å². The van der Waals surface area contributed by atoms with Gasteiger partial charge in [-0.1, -0.05) is 96.2 Å². The third-order valence-electron chi connectivity index (χ3n) is 14.7. The Hall–Kier alpha value is -9.28. The van der Waals surface area contributed by atoms with Crippen LogP contribution in [0.25, 0.3) is 0 Å². The van der Waals surface area contributed by atoms with Gasteiger partial charge < -0.3 is 29.9 Å². The highest BCUT2D eigenvalue weighted by Gasteiger charge is 2.38. The van der Waals surface area contributed by atoms with Crippen molar-refractivity contribution in [3.63, 3.8) is 0 Å². The number of piperazine rings is 2. The van der Waals surface area contributed by atoms with Gasteiger partial charge in [0.15, 0.2) is 0 Å². The first-order valence-corrected chi connectivity index (χ1v) is 27.4. The van der Waals surface area contributed by atoms with Crippen LogP contribution in [0.1, 0.15) is 57.3 Å². The first kappa shape index (κ1) is 56.0. The van der Waals surface area contributed by atoms with Crippen molar-refractivity contribution >= 4 is 35.0 Å². The summed E-state index contributed by atoms with van der Waals surface area (Å²) < 4.78 is 15.6. The quantitative estimate of drug-likeness (QED) is 0.170. The van der Waals surface area contributed by atoms with Crippen LogP contribution in [0.5, 0.6) is 11.5 Å². The monoisotopic (exact) mass is 1100 g/mol. The molecule has 82 heavy (non-hydrogen) atoms. The molecule has 0 bridgehead atoms. The van der Waals surface area contributed by atoms with Crippen LogP contribution in [0.15, 0.2) is 110 Å². The van der Waals surface area contributed by atoms with Crippen molar-refractivity contribution in [3.8, 4) is 58.9 Å². The number of hydrogen-bond donors (Lipinski definition) is 2. The molecule has 4 aromatic carbocycles. The minimum atomic E-state index is -0.964. The maximum absolute atomic E-state index is 13.7. The van der Waals surface area contributed by atoms with E-state index in [-0.39, 0.29) is 23.5 Å². The van der Waals surface area contributed by atoms with Crippen molar-refractivity contribution in [2.45, 2.75) is 51.2 Å². The van der Waals surface area contributed by atoms with E-state index in [1.165, 1.54) is 22.5 Å². The standard InChI is InChI=1S/C62H64N14O6/c1-45-55(65-59(77)57-63-43-75(67-57)41-49-17-9-7-10-18-49)61(79)69(3)51-39-47(23-25-53(51)81-45)21-15-29-73-35-31-71(32-36-73)27-13-5-6-14-28-72-33-37-74(38-34-72)30-16-22-48-24-26-54-52(40-48)70(4)62(80)56(46(2)82-54)66-60(78)58-64-44-76(68-58)42-50-19-11-8-12-20-50/h7-12,17-20,23-26,39-40,43-46,55-56H,27-38,41-42H2,1-4H3,(H,65,77)(H,66,78)/t45-,46-,55+,56+/m1/s1. The Morgan fingerprint density at radius 3 is 1.27 bits per heavy atom. The average Bonchev–Trinajstić information content (AvgIpc) is 4.16. The van der Waals surface area contributed by atoms with Gasteiger partial charge in [0.25, 0.3) is 23.6 Å². The number of nitrogens with zero attached hydrogens (tertiary/aromatic N) is 12. The third-order valence-corrected chi connectivity index (χ3v) is 14.7. The number of amides is 4. The summed E-state index contributed by atoms with van der Waals surface area (Å²) in [6, 6.07) is 28.6. The Balaban J connectivity index is 0.611. The summed E-state index contributed by atoms with van der Waals surface area (Å²) in [5.74, 6) is 24.9. The molecule has 2 fully saturated rings. The number of hydrogen-bond acceptors (Lipinski definition) is 14. The zero-order valence-electron chi connectivity index (χ0n) is 46.4. The molecular weight excluding hydrogens is 1040 g/mol. The van der Waals surface area contributed by atoms with Gasteiger partial charge in [0.1, 0.15) is 48.4 Å². The Morgan fingerprint density at radius 2 is 0.890 bits per heavy atom. The molecule has 0 saturated carbocycles. The van der Waals surface area contributed by atoms with E-state index in [9.17, 15) is 19.2 Å². The largest absolute Gasteiger partial charge is 0.486 e. The molecule has 418 valence electrons. The van der Waals surface area contributed by atoms with Crippen molar-refractivity contribution in [3.05, 3.63) is 144 Å². The van der Waals surface area contributed by atoms with Crippen LogP contribution in [-0.2, 0) is 22.7 Å². The fourth-order valence-electron chi connectivity index (χ4n) is 9.88. The van der Waals surface area contributed by atoms with E-state index in [1.54, 1.807) is 37.3 Å². The van der Waals surface area contributed by atoms with Crippen molar-refractivity contribution < 1.29 is 28.7 Å². The fraction of sp³-hybridized carbons (Fsp3) is 0.355. The van der Waals surface area contributed by atoms with Crippen molar-refractivity contribution in [2.75, 3.05) is 102 Å². The highest BCUT2D eigenvalue weighted by atomic mass is 16.5. The maximum Gasteiger partial charge on any atom is 0.291 e. The summed E-state index contributed by atoms with van der Waals surface area (Å²) in [6.45, 7) is 14.0. The summed E-state index contributed by atoms with van der Waals surface area (Å²) in [7, 11) is 3.34. The van der Waals surface area contributed by atoms with E-state index in [2.05, 4.69) is 97.8 Å². The second-order valence-corrected chi connectivity index (χ2v) is 20.5. The molecule has 2 aromatic heterocycles. The predicted octanol–water partition coefficient (Wildman–Crippen LogP) is 2.70. The number of ether oxygens (including phenoxy) is 2. The van der Waals surface area contributed by atoms with Gasteiger partial charge in [-0.3, -0.25) is 38.8 Å². The predicted molar refractivity (Wildman–Crippen MR) is 309 cm³/mol. The molecule has 20 nitrogen and oxygen atoms in total. The minimum absolute atomic E-state index is 0.0294. The van der Waals surface area contributed by atoms with E-state index >= 15 is 0 Å². The Morgan fingerprint density at radius 1 is 0.524 bits per heavy atom.